The Morgan fingerprint density at radius 2 is 2.04 bits per heavy atom. The summed E-state index contributed by atoms with van der Waals surface area (Å²) >= 11 is 0. The van der Waals surface area contributed by atoms with Crippen LogP contribution in [0.5, 0.6) is 0 Å². The number of ether oxygens (including phenoxy) is 1. The first-order chi connectivity index (χ1) is 11.9. The van der Waals surface area contributed by atoms with Crippen molar-refractivity contribution >= 4 is 11.8 Å². The number of hydrogen-bond donors (Lipinski definition) is 2. The summed E-state index contributed by atoms with van der Waals surface area (Å²) in [6, 6.07) is 9.02. The van der Waals surface area contributed by atoms with Crippen LogP contribution in [0.3, 0.4) is 0 Å². The SMILES string of the molecule is CN1C(=O)CO[C@@H](C(=O)NCCCC(C)(C)CO)[C@H]1c1ccccc1. The first-order valence-corrected chi connectivity index (χ1v) is 8.66. The molecule has 0 bridgehead atoms. The molecule has 138 valence electrons. The average molecular weight is 348 g/mol. The van der Waals surface area contributed by atoms with Gasteiger partial charge in [0.15, 0.2) is 6.10 Å². The largest absolute Gasteiger partial charge is 0.396 e. The Kier molecular flexibility index (Phi) is 6.56. The van der Waals surface area contributed by atoms with Crippen LogP contribution in [0.25, 0.3) is 0 Å². The summed E-state index contributed by atoms with van der Waals surface area (Å²) in [5, 5.41) is 12.2. The van der Waals surface area contributed by atoms with E-state index in [0.717, 1.165) is 18.4 Å². The zero-order valence-electron chi connectivity index (χ0n) is 15.2. The second-order valence-electron chi connectivity index (χ2n) is 7.31. The summed E-state index contributed by atoms with van der Waals surface area (Å²) < 4.78 is 5.57. The van der Waals surface area contributed by atoms with Crippen molar-refractivity contribution in [2.75, 3.05) is 26.8 Å². The highest BCUT2D eigenvalue weighted by molar-refractivity contribution is 5.86. The highest BCUT2D eigenvalue weighted by atomic mass is 16.5. The Morgan fingerprint density at radius 1 is 1.36 bits per heavy atom. The lowest BCUT2D eigenvalue weighted by Crippen LogP contribution is -2.53. The smallest absolute Gasteiger partial charge is 0.251 e. The number of amides is 2. The third-order valence-corrected chi connectivity index (χ3v) is 4.64. The van der Waals surface area contributed by atoms with Gasteiger partial charge in [-0.05, 0) is 23.8 Å². The first-order valence-electron chi connectivity index (χ1n) is 8.66. The number of aliphatic hydroxyl groups is 1. The zero-order chi connectivity index (χ0) is 18.4. The standard InChI is InChI=1S/C19H28N2O4/c1-19(2,13-22)10-7-11-20-18(24)17-16(14-8-5-4-6-9-14)21(3)15(23)12-25-17/h4-6,8-9,16-17,22H,7,10-13H2,1-3H3,(H,20,24)/t16-,17-/m1/s1. The Bertz CT molecular complexity index is 588. The predicted octanol–water partition coefficient (Wildman–Crippen LogP) is 1.50. The van der Waals surface area contributed by atoms with Crippen LogP contribution in [0, 0.1) is 5.41 Å². The van der Waals surface area contributed by atoms with Crippen LogP contribution in [0.15, 0.2) is 30.3 Å². The molecule has 0 spiro atoms. The van der Waals surface area contributed by atoms with Gasteiger partial charge in [-0.15, -0.1) is 0 Å². The van der Waals surface area contributed by atoms with Crippen LogP contribution in [0.1, 0.15) is 38.3 Å². The number of nitrogens with one attached hydrogen (secondary N) is 1. The fourth-order valence-corrected chi connectivity index (χ4v) is 2.94. The third kappa shape index (κ3) is 5.03. The van der Waals surface area contributed by atoms with E-state index in [2.05, 4.69) is 5.32 Å². The number of nitrogens with zero attached hydrogens (tertiary/aromatic N) is 1. The van der Waals surface area contributed by atoms with Gasteiger partial charge in [0.05, 0.1) is 6.04 Å². The van der Waals surface area contributed by atoms with E-state index in [-0.39, 0.29) is 30.4 Å². The topological polar surface area (TPSA) is 78.9 Å². The minimum absolute atomic E-state index is 0.0878. The first kappa shape index (κ1) is 19.4. The lowest BCUT2D eigenvalue weighted by atomic mass is 9.89. The zero-order valence-corrected chi connectivity index (χ0v) is 15.2. The molecule has 2 atom stereocenters. The fourth-order valence-electron chi connectivity index (χ4n) is 2.94. The van der Waals surface area contributed by atoms with E-state index in [1.807, 2.05) is 44.2 Å². The van der Waals surface area contributed by atoms with Gasteiger partial charge in [0.25, 0.3) is 5.91 Å². The minimum Gasteiger partial charge on any atom is -0.396 e. The normalized spacial score (nSPS) is 21.3. The molecule has 1 heterocycles. The molecule has 2 rings (SSSR count). The summed E-state index contributed by atoms with van der Waals surface area (Å²) in [6.07, 6.45) is 0.864. The molecule has 1 aliphatic rings. The van der Waals surface area contributed by atoms with Crippen molar-refractivity contribution in [2.45, 2.75) is 38.8 Å². The predicted molar refractivity (Wildman–Crippen MR) is 94.8 cm³/mol. The van der Waals surface area contributed by atoms with Crippen molar-refractivity contribution in [1.29, 1.82) is 0 Å². The van der Waals surface area contributed by atoms with Crippen LogP contribution in [-0.4, -0.2) is 54.7 Å². The Labute approximate surface area is 149 Å². The number of carbonyl (C=O) groups excluding carboxylic acids is 2. The maximum Gasteiger partial charge on any atom is 0.251 e. The summed E-state index contributed by atoms with van der Waals surface area (Å²) in [4.78, 5) is 26.2. The summed E-state index contributed by atoms with van der Waals surface area (Å²) in [6.45, 7) is 4.53. The van der Waals surface area contributed by atoms with Gasteiger partial charge in [0.1, 0.15) is 6.61 Å². The van der Waals surface area contributed by atoms with E-state index in [1.165, 1.54) is 0 Å². The molecule has 1 aromatic carbocycles. The van der Waals surface area contributed by atoms with E-state index < -0.39 is 12.1 Å². The van der Waals surface area contributed by atoms with Gasteiger partial charge in [0.2, 0.25) is 5.91 Å². The van der Waals surface area contributed by atoms with Crippen LogP contribution >= 0.6 is 0 Å². The van der Waals surface area contributed by atoms with Gasteiger partial charge >= 0.3 is 0 Å². The molecule has 6 nitrogen and oxygen atoms in total. The number of hydrogen-bond acceptors (Lipinski definition) is 4. The maximum atomic E-state index is 12.6. The van der Waals surface area contributed by atoms with Gasteiger partial charge in [-0.3, -0.25) is 9.59 Å². The lowest BCUT2D eigenvalue weighted by Gasteiger charge is -2.38. The fraction of sp³-hybridized carbons (Fsp3) is 0.579. The van der Waals surface area contributed by atoms with Gasteiger partial charge in [-0.25, -0.2) is 0 Å². The van der Waals surface area contributed by atoms with Crippen molar-refractivity contribution < 1.29 is 19.4 Å². The molecule has 0 aromatic heterocycles. The number of morpholine rings is 1. The molecule has 1 aromatic rings. The van der Waals surface area contributed by atoms with Crippen LogP contribution in [-0.2, 0) is 14.3 Å². The van der Waals surface area contributed by atoms with Crippen molar-refractivity contribution in [3.05, 3.63) is 35.9 Å². The molecular weight excluding hydrogens is 320 g/mol. The van der Waals surface area contributed by atoms with E-state index in [4.69, 9.17) is 4.74 Å². The Hall–Kier alpha value is -1.92. The molecular formula is C19H28N2O4. The summed E-state index contributed by atoms with van der Waals surface area (Å²) in [7, 11) is 1.70. The molecule has 6 heteroatoms. The number of carbonyl (C=O) groups is 2. The van der Waals surface area contributed by atoms with Gasteiger partial charge in [-0.2, -0.15) is 0 Å². The number of aliphatic hydroxyl groups excluding tert-OH is 1. The van der Waals surface area contributed by atoms with E-state index in [9.17, 15) is 14.7 Å². The van der Waals surface area contributed by atoms with Crippen molar-refractivity contribution in [3.63, 3.8) is 0 Å². The lowest BCUT2D eigenvalue weighted by molar-refractivity contribution is -0.162. The van der Waals surface area contributed by atoms with Gasteiger partial charge in [-0.1, -0.05) is 44.2 Å². The molecule has 25 heavy (non-hydrogen) atoms. The second kappa shape index (κ2) is 8.45. The maximum absolute atomic E-state index is 12.6. The minimum atomic E-state index is -0.726. The van der Waals surface area contributed by atoms with Crippen LogP contribution in [0.2, 0.25) is 0 Å². The van der Waals surface area contributed by atoms with Crippen LogP contribution in [0.4, 0.5) is 0 Å². The number of benzene rings is 1. The van der Waals surface area contributed by atoms with Gasteiger partial charge < -0.3 is 20.1 Å². The van der Waals surface area contributed by atoms with E-state index in [1.54, 1.807) is 11.9 Å². The quantitative estimate of drug-likeness (QED) is 0.732. The van der Waals surface area contributed by atoms with E-state index in [0.29, 0.717) is 6.54 Å². The van der Waals surface area contributed by atoms with Crippen LogP contribution < -0.4 is 5.32 Å². The molecule has 1 fully saturated rings. The molecule has 0 saturated carbocycles. The van der Waals surface area contributed by atoms with Crippen molar-refractivity contribution in [3.8, 4) is 0 Å². The highest BCUT2D eigenvalue weighted by Crippen LogP contribution is 2.29. The third-order valence-electron chi connectivity index (χ3n) is 4.64. The molecule has 1 aliphatic heterocycles. The van der Waals surface area contributed by atoms with Crippen molar-refractivity contribution in [1.82, 2.24) is 10.2 Å². The molecule has 2 N–H and O–H groups in total. The Morgan fingerprint density at radius 3 is 2.68 bits per heavy atom. The molecule has 1 saturated heterocycles. The number of likely N-dealkylation sites (N-methyl/N-ethyl adjacent to an activating group) is 1. The highest BCUT2D eigenvalue weighted by Gasteiger charge is 2.39. The summed E-state index contributed by atoms with van der Waals surface area (Å²) in [5.74, 6) is -0.349. The average Bonchev–Trinajstić information content (AvgIpc) is 2.61. The molecule has 0 radical (unpaired) electrons. The van der Waals surface area contributed by atoms with E-state index >= 15 is 0 Å². The Balaban J connectivity index is 2.00. The monoisotopic (exact) mass is 348 g/mol. The molecule has 2 amide bonds. The van der Waals surface area contributed by atoms with Crippen molar-refractivity contribution in [2.24, 2.45) is 5.41 Å². The molecule has 0 unspecified atom stereocenters. The summed E-state index contributed by atoms with van der Waals surface area (Å²) in [5.41, 5.74) is 0.727. The number of rotatable bonds is 7. The second-order valence-corrected chi connectivity index (χ2v) is 7.31. The molecule has 0 aliphatic carbocycles. The van der Waals surface area contributed by atoms with Gasteiger partial charge in [0, 0.05) is 20.2 Å².